The molecule has 1 aromatic heterocycles. The molecule has 3 rings (SSSR count). The molecule has 2 aromatic carbocycles. The number of guanidine groups is 1. The van der Waals surface area contributed by atoms with Crippen LogP contribution in [0.25, 0.3) is 11.5 Å². The number of nitrogens with zero attached hydrogens (tertiary/aromatic N) is 3. The maximum Gasteiger partial charge on any atom is 0.257 e. The van der Waals surface area contributed by atoms with Crippen LogP contribution in [0.4, 0.5) is 0 Å². The lowest BCUT2D eigenvalue weighted by Gasteiger charge is -2.25. The zero-order valence-corrected chi connectivity index (χ0v) is 21.2. The highest BCUT2D eigenvalue weighted by atomic mass is 127. The minimum Gasteiger partial charge on any atom is -0.384 e. The molecule has 0 fully saturated rings. The third-order valence-corrected chi connectivity index (χ3v) is 4.88. The number of aliphatic hydroxyl groups is 1. The minimum atomic E-state index is -1.01. The Morgan fingerprint density at radius 3 is 2.59 bits per heavy atom. The van der Waals surface area contributed by atoms with Gasteiger partial charge in [0.25, 0.3) is 5.89 Å². The van der Waals surface area contributed by atoms with Gasteiger partial charge in [0.2, 0.25) is 0 Å². The normalized spacial score (nSPS) is 13.2. The molecule has 0 aliphatic heterocycles. The first kappa shape index (κ1) is 25.8. The van der Waals surface area contributed by atoms with Crippen LogP contribution >= 0.6 is 24.0 Å². The van der Waals surface area contributed by atoms with Crippen LogP contribution in [-0.4, -0.2) is 34.3 Å². The number of hydrogen-bond donors (Lipinski definition) is 3. The van der Waals surface area contributed by atoms with E-state index in [4.69, 9.17) is 4.52 Å². The lowest BCUT2D eigenvalue weighted by molar-refractivity contribution is 0.0617. The third-order valence-electron chi connectivity index (χ3n) is 4.88. The van der Waals surface area contributed by atoms with Crippen molar-refractivity contribution in [3.8, 4) is 11.5 Å². The van der Waals surface area contributed by atoms with Crippen LogP contribution in [0.1, 0.15) is 44.1 Å². The van der Waals surface area contributed by atoms with Crippen LogP contribution in [0.3, 0.4) is 0 Å². The fourth-order valence-corrected chi connectivity index (χ4v) is 3.17. The Kier molecular flexibility index (Phi) is 10.1. The second-order valence-electron chi connectivity index (χ2n) is 7.65. The summed E-state index contributed by atoms with van der Waals surface area (Å²) in [5.74, 6) is 1.90. The number of rotatable bonds is 9. The monoisotopic (exact) mass is 549 g/mol. The summed E-state index contributed by atoms with van der Waals surface area (Å²) in [5, 5.41) is 21.3. The van der Waals surface area contributed by atoms with Crippen molar-refractivity contribution in [3.05, 3.63) is 71.5 Å². The number of nitrogens with one attached hydrogen (secondary N) is 2. The Hall–Kier alpha value is -2.46. The first-order valence-corrected chi connectivity index (χ1v) is 10.7. The van der Waals surface area contributed by atoms with Gasteiger partial charge in [-0.25, -0.2) is 4.99 Å². The molecule has 7 nitrogen and oxygen atoms in total. The van der Waals surface area contributed by atoms with Crippen molar-refractivity contribution >= 4 is 29.9 Å². The van der Waals surface area contributed by atoms with Crippen LogP contribution in [0, 0.1) is 0 Å². The van der Waals surface area contributed by atoms with E-state index in [1.807, 2.05) is 61.5 Å². The maximum absolute atomic E-state index is 10.8. The maximum atomic E-state index is 10.8. The van der Waals surface area contributed by atoms with E-state index in [9.17, 15) is 5.11 Å². The van der Waals surface area contributed by atoms with Gasteiger partial charge in [0.15, 0.2) is 11.8 Å². The predicted molar refractivity (Wildman–Crippen MR) is 138 cm³/mol. The SMILES string of the molecule is CCCc1noc(-c2cccc(CN=C(NCC)NCC(C)(O)c3ccccc3)c2)n1.I. The van der Waals surface area contributed by atoms with E-state index >= 15 is 0 Å². The summed E-state index contributed by atoms with van der Waals surface area (Å²) in [6.07, 6.45) is 1.78. The Morgan fingerprint density at radius 2 is 1.88 bits per heavy atom. The van der Waals surface area contributed by atoms with Crippen LogP contribution in [0.15, 0.2) is 64.1 Å². The van der Waals surface area contributed by atoms with Crippen molar-refractivity contribution in [3.63, 3.8) is 0 Å². The van der Waals surface area contributed by atoms with Gasteiger partial charge in [0.05, 0.1) is 13.1 Å². The van der Waals surface area contributed by atoms with Crippen molar-refractivity contribution in [1.29, 1.82) is 0 Å². The van der Waals surface area contributed by atoms with E-state index < -0.39 is 5.60 Å². The van der Waals surface area contributed by atoms with Gasteiger partial charge in [0.1, 0.15) is 5.60 Å². The van der Waals surface area contributed by atoms with Crippen molar-refractivity contribution in [2.45, 2.75) is 45.8 Å². The Balaban J connectivity index is 0.00000363. The molecule has 8 heteroatoms. The summed E-state index contributed by atoms with van der Waals surface area (Å²) in [4.78, 5) is 9.12. The molecule has 0 amide bonds. The lowest BCUT2D eigenvalue weighted by Crippen LogP contribution is -2.44. The summed E-state index contributed by atoms with van der Waals surface area (Å²) in [6, 6.07) is 17.6. The quantitative estimate of drug-likeness (QED) is 0.210. The summed E-state index contributed by atoms with van der Waals surface area (Å²) in [6.45, 7) is 7.43. The number of benzene rings is 2. The van der Waals surface area contributed by atoms with E-state index in [1.165, 1.54) is 0 Å². The van der Waals surface area contributed by atoms with Crippen LogP contribution in [-0.2, 0) is 18.6 Å². The van der Waals surface area contributed by atoms with E-state index in [-0.39, 0.29) is 24.0 Å². The molecule has 0 radical (unpaired) electrons. The molecule has 32 heavy (non-hydrogen) atoms. The molecule has 0 aliphatic rings. The van der Waals surface area contributed by atoms with E-state index in [0.29, 0.717) is 24.9 Å². The summed E-state index contributed by atoms with van der Waals surface area (Å²) in [5.41, 5.74) is 1.76. The molecule has 3 N–H and O–H groups in total. The standard InChI is InChI=1S/C24H31N5O2.HI/c1-4-10-21-28-22(31-29-21)19-12-9-11-18(15-19)16-26-23(25-5-2)27-17-24(3,30)20-13-7-6-8-14-20;/h6-9,11-15,30H,4-5,10,16-17H2,1-3H3,(H2,25,26,27);1H. The molecule has 1 atom stereocenters. The van der Waals surface area contributed by atoms with Crippen LogP contribution in [0.2, 0.25) is 0 Å². The molecule has 0 aliphatic carbocycles. The van der Waals surface area contributed by atoms with Gasteiger partial charge >= 0.3 is 0 Å². The lowest BCUT2D eigenvalue weighted by atomic mass is 9.96. The van der Waals surface area contributed by atoms with E-state index in [0.717, 1.165) is 41.9 Å². The van der Waals surface area contributed by atoms with Gasteiger partial charge in [-0.2, -0.15) is 4.98 Å². The topological polar surface area (TPSA) is 95.6 Å². The highest BCUT2D eigenvalue weighted by molar-refractivity contribution is 14.0. The minimum absolute atomic E-state index is 0. The fraction of sp³-hybridized carbons (Fsp3) is 0.375. The highest BCUT2D eigenvalue weighted by Crippen LogP contribution is 2.20. The molecule has 0 spiro atoms. The zero-order valence-electron chi connectivity index (χ0n) is 18.8. The number of hydrogen-bond acceptors (Lipinski definition) is 5. The molecule has 0 bridgehead atoms. The molecule has 172 valence electrons. The molecule has 1 heterocycles. The Labute approximate surface area is 206 Å². The predicted octanol–water partition coefficient (Wildman–Crippen LogP) is 4.27. The number of halogens is 1. The average molecular weight is 549 g/mol. The fourth-order valence-electron chi connectivity index (χ4n) is 3.17. The van der Waals surface area contributed by atoms with Gasteiger partial charge in [-0.3, -0.25) is 0 Å². The van der Waals surface area contributed by atoms with Gasteiger partial charge in [0, 0.05) is 18.5 Å². The van der Waals surface area contributed by atoms with E-state index in [2.05, 4.69) is 32.7 Å². The second-order valence-corrected chi connectivity index (χ2v) is 7.65. The zero-order chi connectivity index (χ0) is 22.1. The van der Waals surface area contributed by atoms with Gasteiger partial charge in [-0.15, -0.1) is 24.0 Å². The summed E-state index contributed by atoms with van der Waals surface area (Å²) in [7, 11) is 0. The molecule has 3 aromatic rings. The number of aliphatic imine (C=N–C) groups is 1. The molecular formula is C24H32IN5O2. The third kappa shape index (κ3) is 7.30. The van der Waals surface area contributed by atoms with E-state index in [1.54, 1.807) is 6.92 Å². The van der Waals surface area contributed by atoms with Crippen LogP contribution < -0.4 is 10.6 Å². The number of aryl methyl sites for hydroxylation is 1. The molecule has 0 saturated carbocycles. The summed E-state index contributed by atoms with van der Waals surface area (Å²) < 4.78 is 5.39. The van der Waals surface area contributed by atoms with Gasteiger partial charge < -0.3 is 20.3 Å². The largest absolute Gasteiger partial charge is 0.384 e. The van der Waals surface area contributed by atoms with Crippen molar-refractivity contribution in [2.24, 2.45) is 4.99 Å². The first-order valence-electron chi connectivity index (χ1n) is 10.7. The first-order chi connectivity index (χ1) is 15.0. The summed E-state index contributed by atoms with van der Waals surface area (Å²) >= 11 is 0. The molecule has 1 unspecified atom stereocenters. The smallest absolute Gasteiger partial charge is 0.257 e. The van der Waals surface area contributed by atoms with Crippen molar-refractivity contribution in [1.82, 2.24) is 20.8 Å². The Morgan fingerprint density at radius 1 is 1.09 bits per heavy atom. The average Bonchev–Trinajstić information content (AvgIpc) is 3.25. The van der Waals surface area contributed by atoms with Gasteiger partial charge in [-0.1, -0.05) is 54.5 Å². The van der Waals surface area contributed by atoms with Crippen LogP contribution in [0.5, 0.6) is 0 Å². The molecular weight excluding hydrogens is 517 g/mol. The van der Waals surface area contributed by atoms with Crippen molar-refractivity contribution < 1.29 is 9.63 Å². The second kappa shape index (κ2) is 12.5. The van der Waals surface area contributed by atoms with Gasteiger partial charge in [-0.05, 0) is 43.5 Å². The number of aromatic nitrogens is 2. The van der Waals surface area contributed by atoms with Crippen molar-refractivity contribution in [2.75, 3.05) is 13.1 Å². The molecule has 0 saturated heterocycles. The highest BCUT2D eigenvalue weighted by Gasteiger charge is 2.22. The Bertz CT molecular complexity index is 989.